The van der Waals surface area contributed by atoms with Gasteiger partial charge in [0.1, 0.15) is 25.2 Å². The Hall–Kier alpha value is -3.72. The standard InChI is InChI=1S/C23H17Cl2F2N5O4/c1-12-19(9-28)30-32(23(34)29-12)14-7-17(24)21(18(25)8-14)36-15-2-3-16-13(6-15)4-5-31(22(16)33)11-35-10-20(26)27/h2-3,6-8,20H,1,4-5,10-11H2,(H,29,34). The maximum absolute atomic E-state index is 12.7. The lowest BCUT2D eigenvalue weighted by molar-refractivity contribution is -0.0254. The molecule has 13 heteroatoms. The van der Waals surface area contributed by atoms with Crippen LogP contribution in [0.3, 0.4) is 0 Å². The Morgan fingerprint density at radius 3 is 2.61 bits per heavy atom. The van der Waals surface area contributed by atoms with E-state index in [1.165, 1.54) is 17.0 Å². The number of nitrogens with zero attached hydrogens (tertiary/aromatic N) is 4. The van der Waals surface area contributed by atoms with Crippen molar-refractivity contribution in [1.29, 1.82) is 5.26 Å². The number of allylic oxidation sites excluding steroid dienone is 1. The van der Waals surface area contributed by atoms with Gasteiger partial charge in [-0.25, -0.2) is 13.6 Å². The lowest BCUT2D eigenvalue weighted by Gasteiger charge is -2.28. The molecule has 2 heterocycles. The largest absolute Gasteiger partial charge is 0.454 e. The minimum atomic E-state index is -2.61. The van der Waals surface area contributed by atoms with Crippen LogP contribution in [0.1, 0.15) is 15.9 Å². The highest BCUT2D eigenvalue weighted by atomic mass is 35.5. The number of rotatable bonds is 7. The summed E-state index contributed by atoms with van der Waals surface area (Å²) in [6, 6.07) is 8.76. The van der Waals surface area contributed by atoms with E-state index in [4.69, 9.17) is 37.9 Å². The van der Waals surface area contributed by atoms with Crippen LogP contribution >= 0.6 is 23.2 Å². The zero-order valence-electron chi connectivity index (χ0n) is 18.4. The molecule has 1 N–H and O–H groups in total. The van der Waals surface area contributed by atoms with Crippen molar-refractivity contribution < 1.29 is 27.8 Å². The number of anilines is 1. The number of amides is 3. The predicted molar refractivity (Wildman–Crippen MR) is 128 cm³/mol. The summed E-state index contributed by atoms with van der Waals surface area (Å²) in [5.74, 6) is 0.132. The van der Waals surface area contributed by atoms with Gasteiger partial charge in [-0.2, -0.15) is 15.4 Å². The summed E-state index contributed by atoms with van der Waals surface area (Å²) in [6.45, 7) is 2.89. The molecule has 0 saturated heterocycles. The molecule has 2 aliphatic rings. The van der Waals surface area contributed by atoms with Crippen LogP contribution in [-0.2, 0) is 11.2 Å². The quantitative estimate of drug-likeness (QED) is 0.539. The first-order chi connectivity index (χ1) is 17.2. The molecule has 0 radical (unpaired) electrons. The smallest absolute Gasteiger partial charge is 0.347 e. The van der Waals surface area contributed by atoms with E-state index >= 15 is 0 Å². The fraction of sp³-hybridized carbons (Fsp3) is 0.217. The first kappa shape index (κ1) is 25.4. The first-order valence-electron chi connectivity index (χ1n) is 10.4. The number of carbonyl (C=O) groups excluding carboxylic acids is 2. The van der Waals surface area contributed by atoms with Crippen molar-refractivity contribution in [2.24, 2.45) is 5.10 Å². The number of ether oxygens (including phenoxy) is 2. The SMILES string of the molecule is C=C1NC(=O)N(c2cc(Cl)c(Oc3ccc4c(c3)CCN(COCC(F)F)C4=O)c(Cl)c2)N=C1C#N. The zero-order valence-corrected chi connectivity index (χ0v) is 19.9. The lowest BCUT2D eigenvalue weighted by Crippen LogP contribution is -2.42. The van der Waals surface area contributed by atoms with Gasteiger partial charge in [-0.15, -0.1) is 0 Å². The average Bonchev–Trinajstić information content (AvgIpc) is 2.82. The number of alkyl halides is 2. The van der Waals surface area contributed by atoms with Gasteiger partial charge < -0.3 is 19.7 Å². The van der Waals surface area contributed by atoms with Gasteiger partial charge in [-0.3, -0.25) is 4.79 Å². The van der Waals surface area contributed by atoms with E-state index in [1.807, 2.05) is 6.07 Å². The van der Waals surface area contributed by atoms with Crippen molar-refractivity contribution >= 4 is 46.5 Å². The molecule has 36 heavy (non-hydrogen) atoms. The number of nitrogens with one attached hydrogen (secondary N) is 1. The second-order valence-electron chi connectivity index (χ2n) is 7.65. The Bertz CT molecular complexity index is 1310. The van der Waals surface area contributed by atoms with Crippen LogP contribution in [0.15, 0.2) is 47.7 Å². The van der Waals surface area contributed by atoms with Crippen LogP contribution in [0.25, 0.3) is 0 Å². The number of urea groups is 1. The van der Waals surface area contributed by atoms with Crippen molar-refractivity contribution in [3.8, 4) is 17.6 Å². The molecular formula is C23H17Cl2F2N5O4. The van der Waals surface area contributed by atoms with Gasteiger partial charge in [0, 0.05) is 12.1 Å². The molecule has 0 bridgehead atoms. The molecule has 0 aliphatic carbocycles. The van der Waals surface area contributed by atoms with Crippen molar-refractivity contribution in [2.45, 2.75) is 12.8 Å². The molecule has 9 nitrogen and oxygen atoms in total. The number of hydrogen-bond acceptors (Lipinski definition) is 6. The molecule has 2 aromatic carbocycles. The van der Waals surface area contributed by atoms with Crippen LogP contribution in [0.5, 0.6) is 11.5 Å². The van der Waals surface area contributed by atoms with Crippen LogP contribution < -0.4 is 15.1 Å². The highest BCUT2D eigenvalue weighted by Gasteiger charge is 2.27. The molecule has 4 rings (SSSR count). The monoisotopic (exact) mass is 535 g/mol. The minimum absolute atomic E-state index is 0.0690. The molecule has 186 valence electrons. The number of nitriles is 1. The normalized spacial score (nSPS) is 15.4. The van der Waals surface area contributed by atoms with Gasteiger partial charge >= 0.3 is 6.03 Å². The Labute approximate surface area is 214 Å². The van der Waals surface area contributed by atoms with Crippen molar-refractivity contribution in [3.63, 3.8) is 0 Å². The summed E-state index contributed by atoms with van der Waals surface area (Å²) < 4.78 is 35.3. The highest BCUT2D eigenvalue weighted by Crippen LogP contribution is 2.40. The van der Waals surface area contributed by atoms with E-state index in [9.17, 15) is 18.4 Å². The Kier molecular flexibility index (Phi) is 7.40. The molecule has 3 amide bonds. The van der Waals surface area contributed by atoms with Gasteiger partial charge in [-0.1, -0.05) is 29.8 Å². The van der Waals surface area contributed by atoms with Gasteiger partial charge in [-0.05, 0) is 42.3 Å². The number of hydrazone groups is 1. The van der Waals surface area contributed by atoms with E-state index in [0.29, 0.717) is 29.8 Å². The summed E-state index contributed by atoms with van der Waals surface area (Å²) >= 11 is 12.8. The molecule has 0 unspecified atom stereocenters. The number of fused-ring (bicyclic) bond motifs is 1. The summed E-state index contributed by atoms with van der Waals surface area (Å²) in [6.07, 6.45) is -2.14. The van der Waals surface area contributed by atoms with Crippen molar-refractivity contribution in [1.82, 2.24) is 10.2 Å². The van der Waals surface area contributed by atoms with E-state index in [2.05, 4.69) is 17.0 Å². The molecule has 0 spiro atoms. The maximum atomic E-state index is 12.7. The van der Waals surface area contributed by atoms with Crippen molar-refractivity contribution in [2.75, 3.05) is 24.9 Å². The fourth-order valence-electron chi connectivity index (χ4n) is 3.55. The third-order valence-electron chi connectivity index (χ3n) is 5.23. The average molecular weight is 536 g/mol. The lowest BCUT2D eigenvalue weighted by atomic mass is 9.99. The third kappa shape index (κ3) is 5.26. The second-order valence-corrected chi connectivity index (χ2v) is 8.46. The maximum Gasteiger partial charge on any atom is 0.347 e. The molecule has 2 aliphatic heterocycles. The van der Waals surface area contributed by atoms with E-state index < -0.39 is 19.1 Å². The second kappa shape index (κ2) is 10.5. The van der Waals surface area contributed by atoms with Gasteiger partial charge in [0.25, 0.3) is 12.3 Å². The Balaban J connectivity index is 1.52. The Morgan fingerprint density at radius 2 is 1.94 bits per heavy atom. The Morgan fingerprint density at radius 1 is 1.22 bits per heavy atom. The predicted octanol–water partition coefficient (Wildman–Crippen LogP) is 4.95. The molecule has 0 fully saturated rings. The van der Waals surface area contributed by atoms with Crippen LogP contribution in [0.4, 0.5) is 19.3 Å². The van der Waals surface area contributed by atoms with Crippen LogP contribution in [-0.4, -0.2) is 48.9 Å². The highest BCUT2D eigenvalue weighted by molar-refractivity contribution is 6.37. The minimum Gasteiger partial charge on any atom is -0.454 e. The summed E-state index contributed by atoms with van der Waals surface area (Å²) in [5, 5.41) is 16.6. The fourth-order valence-corrected chi connectivity index (χ4v) is 4.10. The number of benzene rings is 2. The van der Waals surface area contributed by atoms with Crippen molar-refractivity contribution in [3.05, 3.63) is 63.8 Å². The molecule has 2 aromatic rings. The number of hydrogen-bond donors (Lipinski definition) is 1. The third-order valence-corrected chi connectivity index (χ3v) is 5.79. The van der Waals surface area contributed by atoms with E-state index in [1.54, 1.807) is 18.2 Å². The molecule has 0 aromatic heterocycles. The van der Waals surface area contributed by atoms with Crippen LogP contribution in [0.2, 0.25) is 10.0 Å². The number of carbonyl (C=O) groups is 2. The molecule has 0 saturated carbocycles. The van der Waals surface area contributed by atoms with Crippen LogP contribution in [0, 0.1) is 11.3 Å². The van der Waals surface area contributed by atoms with Gasteiger partial charge in [0.2, 0.25) is 0 Å². The topological polar surface area (TPSA) is 107 Å². The summed E-state index contributed by atoms with van der Waals surface area (Å²) in [7, 11) is 0. The van der Waals surface area contributed by atoms with Gasteiger partial charge in [0.15, 0.2) is 11.5 Å². The zero-order chi connectivity index (χ0) is 26.0. The first-order valence-corrected chi connectivity index (χ1v) is 11.2. The molecular weight excluding hydrogens is 519 g/mol. The molecule has 0 atom stereocenters. The summed E-state index contributed by atoms with van der Waals surface area (Å²) in [4.78, 5) is 26.3. The number of halogens is 4. The van der Waals surface area contributed by atoms with E-state index in [0.717, 1.165) is 5.01 Å². The summed E-state index contributed by atoms with van der Waals surface area (Å²) in [5.41, 5.74) is 1.30. The van der Waals surface area contributed by atoms with Gasteiger partial charge in [0.05, 0.1) is 21.4 Å². The van der Waals surface area contributed by atoms with E-state index in [-0.39, 0.29) is 45.5 Å².